The van der Waals surface area contributed by atoms with Crippen molar-refractivity contribution in [2.45, 2.75) is 4.90 Å². The van der Waals surface area contributed by atoms with Crippen LogP contribution in [-0.2, 0) is 9.84 Å². The summed E-state index contributed by atoms with van der Waals surface area (Å²) in [6, 6.07) is 5.32. The van der Waals surface area contributed by atoms with Gasteiger partial charge in [-0.05, 0) is 30.3 Å². The van der Waals surface area contributed by atoms with Gasteiger partial charge in [0.15, 0.2) is 0 Å². The Labute approximate surface area is 97.2 Å². The number of fused-ring (bicyclic) bond motifs is 1. The minimum atomic E-state index is -3.23. The van der Waals surface area contributed by atoms with Gasteiger partial charge in [0.1, 0.15) is 0 Å². The van der Waals surface area contributed by atoms with Gasteiger partial charge in [-0.3, -0.25) is 0 Å². The summed E-state index contributed by atoms with van der Waals surface area (Å²) >= 11 is 3.27. The van der Waals surface area contributed by atoms with Gasteiger partial charge in [-0.2, -0.15) is 0 Å². The van der Waals surface area contributed by atoms with Crippen LogP contribution in [0.3, 0.4) is 0 Å². The molecular formula is C10H10BrNO2S. The van der Waals surface area contributed by atoms with Gasteiger partial charge in [0.25, 0.3) is 0 Å². The molecule has 1 aromatic rings. The third kappa shape index (κ3) is 1.87. The molecular weight excluding hydrogens is 278 g/mol. The Hall–Kier alpha value is -0.650. The Morgan fingerprint density at radius 3 is 2.80 bits per heavy atom. The van der Waals surface area contributed by atoms with Gasteiger partial charge < -0.3 is 5.32 Å². The highest BCUT2D eigenvalue weighted by atomic mass is 79.9. The molecule has 1 heterocycles. The summed E-state index contributed by atoms with van der Waals surface area (Å²) in [6.07, 6.45) is 0. The molecule has 0 atom stereocenters. The van der Waals surface area contributed by atoms with E-state index in [1.807, 2.05) is 12.1 Å². The average Bonchev–Trinajstić information content (AvgIpc) is 2.39. The number of rotatable bonds is 2. The van der Waals surface area contributed by atoms with Gasteiger partial charge in [-0.1, -0.05) is 22.0 Å². The molecule has 1 aliphatic heterocycles. The van der Waals surface area contributed by atoms with E-state index in [0.29, 0.717) is 11.4 Å². The van der Waals surface area contributed by atoms with Gasteiger partial charge in [0, 0.05) is 16.4 Å². The van der Waals surface area contributed by atoms with Crippen LogP contribution in [0.15, 0.2) is 33.0 Å². The maximum Gasteiger partial charge on any atom is 0.200 e. The molecule has 15 heavy (non-hydrogen) atoms. The van der Waals surface area contributed by atoms with Gasteiger partial charge in [0.05, 0.1) is 4.90 Å². The molecule has 1 N–H and O–H groups in total. The lowest BCUT2D eigenvalue weighted by Gasteiger charge is -2.03. The van der Waals surface area contributed by atoms with Crippen LogP contribution in [-0.4, -0.2) is 22.0 Å². The van der Waals surface area contributed by atoms with E-state index in [2.05, 4.69) is 21.2 Å². The van der Waals surface area contributed by atoms with Crippen molar-refractivity contribution < 1.29 is 8.42 Å². The number of halogens is 1. The zero-order valence-electron chi connectivity index (χ0n) is 8.12. The van der Waals surface area contributed by atoms with E-state index in [0.717, 1.165) is 15.6 Å². The number of benzene rings is 1. The summed E-state index contributed by atoms with van der Waals surface area (Å²) in [4.78, 5) is 0.391. The Balaban J connectivity index is 2.62. The first-order valence-corrected chi connectivity index (χ1v) is 6.79. The minimum absolute atomic E-state index is 0.391. The van der Waals surface area contributed by atoms with Crippen LogP contribution in [0, 0.1) is 0 Å². The SMILES string of the molecule is CNCC1=CS(=O)(=O)c2cc(Br)ccc21. The predicted molar refractivity (Wildman–Crippen MR) is 63.2 cm³/mol. The van der Waals surface area contributed by atoms with E-state index in [-0.39, 0.29) is 0 Å². The van der Waals surface area contributed by atoms with Crippen LogP contribution in [0.25, 0.3) is 5.57 Å². The fourth-order valence-electron chi connectivity index (χ4n) is 1.64. The van der Waals surface area contributed by atoms with Crippen LogP contribution in [0.1, 0.15) is 5.56 Å². The lowest BCUT2D eigenvalue weighted by molar-refractivity contribution is 0.605. The van der Waals surface area contributed by atoms with Gasteiger partial charge in [0.2, 0.25) is 9.84 Å². The van der Waals surface area contributed by atoms with Gasteiger partial charge >= 0.3 is 0 Å². The third-order valence-corrected chi connectivity index (χ3v) is 4.30. The second-order valence-electron chi connectivity index (χ2n) is 3.36. The fourth-order valence-corrected chi connectivity index (χ4v) is 3.66. The van der Waals surface area contributed by atoms with Crippen LogP contribution in [0.2, 0.25) is 0 Å². The summed E-state index contributed by atoms with van der Waals surface area (Å²) in [5, 5.41) is 4.29. The summed E-state index contributed by atoms with van der Waals surface area (Å²) in [7, 11) is -1.44. The van der Waals surface area contributed by atoms with Crippen molar-refractivity contribution in [1.82, 2.24) is 5.32 Å². The van der Waals surface area contributed by atoms with E-state index in [1.54, 1.807) is 13.1 Å². The maximum absolute atomic E-state index is 11.8. The van der Waals surface area contributed by atoms with Crippen molar-refractivity contribution in [2.75, 3.05) is 13.6 Å². The van der Waals surface area contributed by atoms with Crippen molar-refractivity contribution in [1.29, 1.82) is 0 Å². The van der Waals surface area contributed by atoms with Crippen molar-refractivity contribution in [3.05, 3.63) is 33.6 Å². The van der Waals surface area contributed by atoms with Gasteiger partial charge in [-0.25, -0.2) is 8.42 Å². The molecule has 0 bridgehead atoms. The molecule has 3 nitrogen and oxygen atoms in total. The summed E-state index contributed by atoms with van der Waals surface area (Å²) in [5.74, 6) is 0. The van der Waals surface area contributed by atoms with Crippen LogP contribution >= 0.6 is 15.9 Å². The molecule has 0 amide bonds. The van der Waals surface area contributed by atoms with Crippen molar-refractivity contribution in [3.8, 4) is 0 Å². The normalized spacial score (nSPS) is 17.3. The van der Waals surface area contributed by atoms with Gasteiger partial charge in [-0.15, -0.1) is 0 Å². The zero-order chi connectivity index (χ0) is 11.1. The highest BCUT2D eigenvalue weighted by Crippen LogP contribution is 2.34. The van der Waals surface area contributed by atoms with E-state index in [1.165, 1.54) is 5.41 Å². The Kier molecular flexibility index (Phi) is 2.70. The lowest BCUT2D eigenvalue weighted by atomic mass is 10.1. The number of hydrogen-bond donors (Lipinski definition) is 1. The zero-order valence-corrected chi connectivity index (χ0v) is 10.5. The largest absolute Gasteiger partial charge is 0.316 e. The summed E-state index contributed by atoms with van der Waals surface area (Å²) < 4.78 is 24.3. The molecule has 2 rings (SSSR count). The fraction of sp³-hybridized carbons (Fsp3) is 0.200. The molecule has 1 aromatic carbocycles. The maximum atomic E-state index is 11.8. The van der Waals surface area contributed by atoms with Crippen molar-refractivity contribution >= 4 is 31.3 Å². The van der Waals surface area contributed by atoms with Crippen molar-refractivity contribution in [3.63, 3.8) is 0 Å². The van der Waals surface area contributed by atoms with Crippen LogP contribution < -0.4 is 5.32 Å². The Bertz CT molecular complexity index is 534. The first-order valence-electron chi connectivity index (χ1n) is 4.45. The lowest BCUT2D eigenvalue weighted by Crippen LogP contribution is -2.08. The first kappa shape index (κ1) is 10.9. The monoisotopic (exact) mass is 287 g/mol. The minimum Gasteiger partial charge on any atom is -0.316 e. The molecule has 1 aliphatic rings. The highest BCUT2D eigenvalue weighted by molar-refractivity contribution is 9.10. The van der Waals surface area contributed by atoms with Crippen molar-refractivity contribution in [2.24, 2.45) is 0 Å². The second kappa shape index (κ2) is 3.73. The summed E-state index contributed by atoms with van der Waals surface area (Å²) in [5.41, 5.74) is 1.62. The molecule has 0 fully saturated rings. The predicted octanol–water partition coefficient (Wildman–Crippen LogP) is 1.80. The number of nitrogens with one attached hydrogen (secondary N) is 1. The molecule has 0 unspecified atom stereocenters. The van der Waals surface area contributed by atoms with E-state index < -0.39 is 9.84 Å². The Morgan fingerprint density at radius 1 is 1.40 bits per heavy atom. The van der Waals surface area contributed by atoms with Crippen LogP contribution in [0.4, 0.5) is 0 Å². The first-order chi connectivity index (χ1) is 7.04. The molecule has 0 aliphatic carbocycles. The smallest absolute Gasteiger partial charge is 0.200 e. The molecule has 0 saturated carbocycles. The standard InChI is InChI=1S/C10H10BrNO2S/c1-12-5-7-6-15(13,14)10-4-8(11)2-3-9(7)10/h2-4,6,12H,5H2,1H3. The highest BCUT2D eigenvalue weighted by Gasteiger charge is 2.26. The molecule has 5 heteroatoms. The van der Waals surface area contributed by atoms with E-state index in [9.17, 15) is 8.42 Å². The second-order valence-corrected chi connectivity index (χ2v) is 6.04. The average molecular weight is 288 g/mol. The quantitative estimate of drug-likeness (QED) is 0.902. The number of sulfone groups is 1. The molecule has 0 saturated heterocycles. The number of likely N-dealkylation sites (N-methyl/N-ethyl adjacent to an activating group) is 1. The molecule has 80 valence electrons. The van der Waals surface area contributed by atoms with E-state index >= 15 is 0 Å². The molecule has 0 spiro atoms. The third-order valence-electron chi connectivity index (χ3n) is 2.26. The van der Waals surface area contributed by atoms with E-state index in [4.69, 9.17) is 0 Å². The van der Waals surface area contributed by atoms with Crippen LogP contribution in [0.5, 0.6) is 0 Å². The molecule has 0 aromatic heterocycles. The topological polar surface area (TPSA) is 46.2 Å². The number of hydrogen-bond acceptors (Lipinski definition) is 3. The molecule has 0 radical (unpaired) electrons. The summed E-state index contributed by atoms with van der Waals surface area (Å²) in [6.45, 7) is 0.563. The Morgan fingerprint density at radius 2 is 2.13 bits per heavy atom.